The summed E-state index contributed by atoms with van der Waals surface area (Å²) >= 11 is 0. The van der Waals surface area contributed by atoms with Crippen molar-refractivity contribution < 1.29 is 32.7 Å². The summed E-state index contributed by atoms with van der Waals surface area (Å²) in [6, 6.07) is 0. The van der Waals surface area contributed by atoms with Gasteiger partial charge in [0.25, 0.3) is 0 Å². The molecule has 0 amide bonds. The fourth-order valence-electron chi connectivity index (χ4n) is 0.549. The van der Waals surface area contributed by atoms with Crippen LogP contribution in [-0.4, -0.2) is 11.9 Å². The summed E-state index contributed by atoms with van der Waals surface area (Å²) in [6.45, 7) is 6.81. The molecule has 0 aromatic carbocycles. The van der Waals surface area contributed by atoms with Gasteiger partial charge in [-0.25, -0.2) is 0 Å². The van der Waals surface area contributed by atoms with Crippen molar-refractivity contribution in [1.29, 1.82) is 0 Å². The molecule has 0 saturated carbocycles. The van der Waals surface area contributed by atoms with Gasteiger partial charge in [-0.2, -0.15) is 0 Å². The molecule has 0 saturated heterocycles. The normalized spacial score (nSPS) is 17.4. The van der Waals surface area contributed by atoms with Crippen LogP contribution >= 0.6 is 0 Å². The molecule has 3 radical (unpaired) electrons. The average Bonchev–Trinajstić information content (AvgIpc) is 1.98. The first kappa shape index (κ1) is 9.44. The number of nitrogens with zero attached hydrogens (tertiary/aromatic N) is 2. The Hall–Kier alpha value is 0.444. The smallest absolute Gasteiger partial charge is 0.00502 e. The van der Waals surface area contributed by atoms with Crippen LogP contribution in [0, 0.1) is 6.67 Å². The zero-order valence-electron chi connectivity index (χ0n) is 5.97. The minimum atomic E-state index is 0. The van der Waals surface area contributed by atoms with Gasteiger partial charge in [-0.1, -0.05) is 6.92 Å². The van der Waals surface area contributed by atoms with Crippen LogP contribution in [0.15, 0.2) is 11.4 Å². The van der Waals surface area contributed by atoms with Gasteiger partial charge in [0.1, 0.15) is 0 Å². The number of hydrogen-bond acceptors (Lipinski definition) is 1. The Labute approximate surface area is 81.6 Å². The largest absolute Gasteiger partial charge is 0.663 e. The second-order valence-corrected chi connectivity index (χ2v) is 1.94. The molecule has 0 aromatic heterocycles. The zero-order valence-corrected chi connectivity index (χ0v) is 8.81. The molecule has 0 N–H and O–H groups in total. The quantitative estimate of drug-likeness (QED) is 0.577. The third-order valence-corrected chi connectivity index (χ3v) is 1.39. The molecule has 2 nitrogen and oxygen atoms in total. The second-order valence-electron chi connectivity index (χ2n) is 1.94. The van der Waals surface area contributed by atoms with Crippen molar-refractivity contribution in [2.45, 2.75) is 13.8 Å². The van der Waals surface area contributed by atoms with E-state index in [1.807, 2.05) is 25.8 Å². The van der Waals surface area contributed by atoms with Crippen LogP contribution < -0.4 is 0 Å². The van der Waals surface area contributed by atoms with E-state index in [4.69, 9.17) is 0 Å². The first-order chi connectivity index (χ1) is 3.72. The van der Waals surface area contributed by atoms with Crippen molar-refractivity contribution in [2.75, 3.05) is 7.05 Å². The minimum Gasteiger partial charge on any atom is -0.663 e. The summed E-state index contributed by atoms with van der Waals surface area (Å²) < 4.78 is 0. The average molecular weight is 198 g/mol. The Balaban J connectivity index is 0.000000640. The van der Waals surface area contributed by atoms with E-state index in [9.17, 15) is 0 Å². The molecule has 1 aliphatic heterocycles. The molecule has 1 rings (SSSR count). The molecule has 1 aliphatic rings. The topological polar surface area (TPSA) is 17.3 Å². The van der Waals surface area contributed by atoms with Gasteiger partial charge in [0.15, 0.2) is 0 Å². The molecule has 0 atom stereocenters. The number of hydrogen-bond donors (Lipinski definition) is 0. The van der Waals surface area contributed by atoms with Gasteiger partial charge in [-0.3, -0.25) is 0 Å². The monoisotopic (exact) mass is 198 g/mol. The minimum absolute atomic E-state index is 0. The van der Waals surface area contributed by atoms with Crippen LogP contribution in [0.1, 0.15) is 13.8 Å². The Bertz CT molecular complexity index is 131. The molecule has 0 unspecified atom stereocenters. The summed E-state index contributed by atoms with van der Waals surface area (Å²) in [5.74, 6) is 0. The van der Waals surface area contributed by atoms with E-state index in [1.54, 1.807) is 0 Å². The molecule has 0 fully saturated rings. The van der Waals surface area contributed by atoms with E-state index in [-0.39, 0.29) is 32.7 Å². The van der Waals surface area contributed by atoms with E-state index in [0.717, 1.165) is 5.70 Å². The third-order valence-electron chi connectivity index (χ3n) is 1.39. The summed E-state index contributed by atoms with van der Waals surface area (Å²) in [5, 5.41) is 3.95. The van der Waals surface area contributed by atoms with Crippen molar-refractivity contribution in [2.24, 2.45) is 0 Å². The molecule has 1 heterocycles. The van der Waals surface area contributed by atoms with Gasteiger partial charge in [-0.05, 0) is 19.3 Å². The number of allylic oxidation sites excluding steroid dienone is 2. The Morgan fingerprint density at radius 2 is 2.00 bits per heavy atom. The van der Waals surface area contributed by atoms with Gasteiger partial charge in [-0.15, -0.1) is 5.70 Å². The molecule has 0 aliphatic carbocycles. The fourth-order valence-corrected chi connectivity index (χ4v) is 0.549. The first-order valence-electron chi connectivity index (χ1n) is 2.59. The molecular formula is C6H9N2Y-. The van der Waals surface area contributed by atoms with Crippen molar-refractivity contribution in [3.8, 4) is 0 Å². The molecule has 9 heavy (non-hydrogen) atoms. The maximum absolute atomic E-state index is 3.95. The SMILES string of the molecule is CC1=C(C)N(C)[C][N-]1.[Y]. The molecule has 0 bridgehead atoms. The Kier molecular flexibility index (Phi) is 3.75. The summed E-state index contributed by atoms with van der Waals surface area (Å²) in [4.78, 5) is 1.88. The van der Waals surface area contributed by atoms with Crippen LogP contribution in [0.25, 0.3) is 5.32 Å². The van der Waals surface area contributed by atoms with Crippen molar-refractivity contribution in [3.05, 3.63) is 23.4 Å². The predicted octanol–water partition coefficient (Wildman–Crippen LogP) is 1.55. The van der Waals surface area contributed by atoms with E-state index >= 15 is 0 Å². The molecule has 47 valence electrons. The maximum Gasteiger partial charge on any atom is 0.00502 e. The fraction of sp³-hybridized carbons (Fsp3) is 0.500. The molecular weight excluding hydrogens is 189 g/mol. The maximum atomic E-state index is 3.95. The van der Waals surface area contributed by atoms with Gasteiger partial charge in [0.2, 0.25) is 0 Å². The Morgan fingerprint density at radius 3 is 2.11 bits per heavy atom. The summed E-state index contributed by atoms with van der Waals surface area (Å²) in [5.41, 5.74) is 2.25. The van der Waals surface area contributed by atoms with E-state index in [2.05, 4.69) is 12.0 Å². The van der Waals surface area contributed by atoms with Crippen LogP contribution in [0.4, 0.5) is 0 Å². The van der Waals surface area contributed by atoms with Crippen LogP contribution in [-0.2, 0) is 32.7 Å². The molecule has 3 heteroatoms. The van der Waals surface area contributed by atoms with E-state index in [1.165, 1.54) is 5.70 Å². The first-order valence-corrected chi connectivity index (χ1v) is 2.59. The predicted molar refractivity (Wildman–Crippen MR) is 32.7 cm³/mol. The number of rotatable bonds is 0. The van der Waals surface area contributed by atoms with Gasteiger partial charge < -0.3 is 10.2 Å². The molecule has 0 spiro atoms. The summed E-state index contributed by atoms with van der Waals surface area (Å²) in [7, 11) is 1.94. The summed E-state index contributed by atoms with van der Waals surface area (Å²) in [6.07, 6.45) is 0. The standard InChI is InChI=1S/C6H9N2.Y/c1-5-6(2)8(3)4-7-5;/h1-3H3;/q-1;. The van der Waals surface area contributed by atoms with Crippen LogP contribution in [0.3, 0.4) is 0 Å². The van der Waals surface area contributed by atoms with Crippen molar-refractivity contribution >= 4 is 0 Å². The Morgan fingerprint density at radius 1 is 1.44 bits per heavy atom. The zero-order chi connectivity index (χ0) is 6.15. The van der Waals surface area contributed by atoms with Crippen molar-refractivity contribution in [3.63, 3.8) is 0 Å². The van der Waals surface area contributed by atoms with Gasteiger partial charge in [0, 0.05) is 39.8 Å². The van der Waals surface area contributed by atoms with Crippen molar-refractivity contribution in [1.82, 2.24) is 4.90 Å². The van der Waals surface area contributed by atoms with Crippen LogP contribution in [0.5, 0.6) is 0 Å². The second kappa shape index (κ2) is 3.57. The third kappa shape index (κ3) is 1.94. The van der Waals surface area contributed by atoms with Gasteiger partial charge >= 0.3 is 0 Å². The van der Waals surface area contributed by atoms with E-state index < -0.39 is 0 Å². The van der Waals surface area contributed by atoms with Crippen LogP contribution in [0.2, 0.25) is 0 Å². The molecule has 0 aromatic rings. The van der Waals surface area contributed by atoms with Gasteiger partial charge in [0.05, 0.1) is 0 Å². The van der Waals surface area contributed by atoms with E-state index in [0.29, 0.717) is 0 Å².